The molecule has 0 heterocycles. The molecule has 0 unspecified atom stereocenters. The summed E-state index contributed by atoms with van der Waals surface area (Å²) >= 11 is 0. The Morgan fingerprint density at radius 2 is 2.17 bits per heavy atom. The zero-order valence-electron chi connectivity index (χ0n) is 6.70. The molecule has 0 aliphatic heterocycles. The van der Waals surface area contributed by atoms with Crippen LogP contribution in [0.4, 0.5) is 10.5 Å². The Morgan fingerprint density at radius 1 is 1.50 bits per heavy atom. The molecule has 0 atom stereocenters. The average Bonchev–Trinajstić information content (AvgIpc) is 1.94. The smallest absolute Gasteiger partial charge is 0.408 e. The molecule has 0 spiro atoms. The first kappa shape index (κ1) is 8.39. The molecule has 0 aromatic heterocycles. The molecule has 0 bridgehead atoms. The molecule has 64 valence electrons. The second-order valence-electron chi connectivity index (χ2n) is 2.46. The molecule has 0 aliphatic rings. The Balaban J connectivity index is 2.93. The maximum Gasteiger partial charge on any atom is 0.410 e. The van der Waals surface area contributed by atoms with Crippen molar-refractivity contribution in [2.45, 2.75) is 6.92 Å². The van der Waals surface area contributed by atoms with Gasteiger partial charge in [-0.05, 0) is 24.6 Å². The lowest BCUT2D eigenvalue weighted by Gasteiger charge is -2.04. The van der Waals surface area contributed by atoms with Crippen molar-refractivity contribution in [1.82, 2.24) is 0 Å². The number of rotatable bonds is 1. The number of hydrogen-bond acceptors (Lipinski definition) is 3. The fraction of sp³-hybridized carbons (Fsp3) is 0.125. The van der Waals surface area contributed by atoms with Gasteiger partial charge >= 0.3 is 6.09 Å². The molecule has 4 N–H and O–H groups in total. The van der Waals surface area contributed by atoms with Crippen LogP contribution in [-0.2, 0) is 0 Å². The van der Waals surface area contributed by atoms with Gasteiger partial charge in [-0.3, -0.25) is 0 Å². The summed E-state index contributed by atoms with van der Waals surface area (Å²) in [5.74, 6) is 0.299. The number of hydrogen-bond donors (Lipinski definition) is 2. The number of benzene rings is 1. The average molecular weight is 166 g/mol. The largest absolute Gasteiger partial charge is 0.410 e. The molecule has 1 aromatic carbocycles. The van der Waals surface area contributed by atoms with E-state index in [1.165, 1.54) is 0 Å². The van der Waals surface area contributed by atoms with Crippen molar-refractivity contribution in [3.8, 4) is 5.75 Å². The molecular weight excluding hydrogens is 156 g/mol. The molecule has 1 aromatic rings. The number of carbonyl (C=O) groups excluding carboxylic acids is 1. The summed E-state index contributed by atoms with van der Waals surface area (Å²) in [6.07, 6.45) is -0.856. The second-order valence-corrected chi connectivity index (χ2v) is 2.46. The lowest BCUT2D eigenvalue weighted by molar-refractivity contribution is 0.211. The third kappa shape index (κ3) is 1.88. The number of nitrogen functional groups attached to an aromatic ring is 1. The van der Waals surface area contributed by atoms with E-state index in [9.17, 15) is 4.79 Å². The Bertz CT molecular complexity index is 310. The zero-order valence-corrected chi connectivity index (χ0v) is 6.70. The molecule has 0 saturated heterocycles. The first-order valence-electron chi connectivity index (χ1n) is 3.43. The van der Waals surface area contributed by atoms with E-state index in [0.29, 0.717) is 11.4 Å². The van der Waals surface area contributed by atoms with Gasteiger partial charge in [0.2, 0.25) is 0 Å². The molecule has 12 heavy (non-hydrogen) atoms. The van der Waals surface area contributed by atoms with E-state index in [1.807, 2.05) is 6.92 Å². The maximum absolute atomic E-state index is 10.4. The molecule has 4 heteroatoms. The van der Waals surface area contributed by atoms with Crippen LogP contribution in [0.5, 0.6) is 5.75 Å². The summed E-state index contributed by atoms with van der Waals surface area (Å²) in [6.45, 7) is 1.89. The van der Waals surface area contributed by atoms with Crippen LogP contribution in [0.2, 0.25) is 0 Å². The van der Waals surface area contributed by atoms with Gasteiger partial charge in [-0.25, -0.2) is 4.79 Å². The lowest BCUT2D eigenvalue weighted by Crippen LogP contribution is -2.16. The topological polar surface area (TPSA) is 78.3 Å². The summed E-state index contributed by atoms with van der Waals surface area (Å²) in [5, 5.41) is 0. The van der Waals surface area contributed by atoms with Gasteiger partial charge in [-0.1, -0.05) is 6.07 Å². The maximum atomic E-state index is 10.4. The highest BCUT2D eigenvalue weighted by Crippen LogP contribution is 2.21. The van der Waals surface area contributed by atoms with E-state index in [4.69, 9.17) is 11.5 Å². The van der Waals surface area contributed by atoms with Crippen LogP contribution in [0.25, 0.3) is 0 Å². The van der Waals surface area contributed by atoms with E-state index in [-0.39, 0.29) is 0 Å². The van der Waals surface area contributed by atoms with E-state index in [2.05, 4.69) is 4.74 Å². The van der Waals surface area contributed by atoms with Crippen molar-refractivity contribution in [3.05, 3.63) is 23.8 Å². The van der Waals surface area contributed by atoms with Crippen LogP contribution in [0.3, 0.4) is 0 Å². The number of amides is 1. The van der Waals surface area contributed by atoms with Crippen molar-refractivity contribution in [2.24, 2.45) is 5.73 Å². The van der Waals surface area contributed by atoms with E-state index in [0.717, 1.165) is 5.56 Å². The summed E-state index contributed by atoms with van der Waals surface area (Å²) < 4.78 is 4.61. The Hall–Kier alpha value is -1.71. The van der Waals surface area contributed by atoms with E-state index >= 15 is 0 Å². The monoisotopic (exact) mass is 166 g/mol. The Kier molecular flexibility index (Phi) is 2.19. The SMILES string of the molecule is Cc1ccc(OC(N)=O)c(N)c1. The third-order valence-corrected chi connectivity index (χ3v) is 1.38. The Labute approximate surface area is 70.1 Å². The normalized spacial score (nSPS) is 9.42. The summed E-state index contributed by atoms with van der Waals surface area (Å²) in [5.41, 5.74) is 11.8. The highest BCUT2D eigenvalue weighted by Gasteiger charge is 2.02. The van der Waals surface area contributed by atoms with Gasteiger partial charge in [0, 0.05) is 0 Å². The number of aryl methyl sites for hydroxylation is 1. The van der Waals surface area contributed by atoms with E-state index < -0.39 is 6.09 Å². The molecule has 0 aliphatic carbocycles. The first-order chi connectivity index (χ1) is 5.59. The van der Waals surface area contributed by atoms with Crippen LogP contribution in [0.1, 0.15) is 5.56 Å². The number of ether oxygens (including phenoxy) is 1. The van der Waals surface area contributed by atoms with Crippen molar-refractivity contribution < 1.29 is 9.53 Å². The van der Waals surface area contributed by atoms with E-state index in [1.54, 1.807) is 18.2 Å². The van der Waals surface area contributed by atoms with Gasteiger partial charge in [0.15, 0.2) is 5.75 Å². The van der Waals surface area contributed by atoms with Crippen molar-refractivity contribution >= 4 is 11.8 Å². The number of nitrogens with two attached hydrogens (primary N) is 2. The summed E-state index contributed by atoms with van der Waals surface area (Å²) in [7, 11) is 0. The van der Waals surface area contributed by atoms with Gasteiger partial charge in [-0.15, -0.1) is 0 Å². The van der Waals surface area contributed by atoms with Crippen molar-refractivity contribution in [1.29, 1.82) is 0 Å². The molecular formula is C8H10N2O2. The van der Waals surface area contributed by atoms with Gasteiger partial charge in [0.05, 0.1) is 5.69 Å². The highest BCUT2D eigenvalue weighted by molar-refractivity contribution is 5.71. The van der Waals surface area contributed by atoms with Crippen LogP contribution < -0.4 is 16.2 Å². The molecule has 0 fully saturated rings. The van der Waals surface area contributed by atoms with Crippen LogP contribution in [-0.4, -0.2) is 6.09 Å². The highest BCUT2D eigenvalue weighted by atomic mass is 16.5. The fourth-order valence-electron chi connectivity index (χ4n) is 0.869. The lowest BCUT2D eigenvalue weighted by atomic mass is 10.2. The van der Waals surface area contributed by atoms with Crippen molar-refractivity contribution in [3.63, 3.8) is 0 Å². The quantitative estimate of drug-likeness (QED) is 0.611. The predicted molar refractivity (Wildman–Crippen MR) is 45.8 cm³/mol. The standard InChI is InChI=1S/C8H10N2O2/c1-5-2-3-7(6(9)4-5)12-8(10)11/h2-4H,9H2,1H3,(H2,10,11). The Morgan fingerprint density at radius 3 is 2.67 bits per heavy atom. The summed E-state index contributed by atoms with van der Waals surface area (Å²) in [6, 6.07) is 5.10. The second kappa shape index (κ2) is 3.13. The van der Waals surface area contributed by atoms with Crippen LogP contribution in [0, 0.1) is 6.92 Å². The van der Waals surface area contributed by atoms with Gasteiger partial charge in [0.25, 0.3) is 0 Å². The van der Waals surface area contributed by atoms with Crippen molar-refractivity contribution in [2.75, 3.05) is 5.73 Å². The molecule has 0 saturated carbocycles. The zero-order chi connectivity index (χ0) is 9.14. The fourth-order valence-corrected chi connectivity index (χ4v) is 0.869. The number of anilines is 1. The minimum Gasteiger partial charge on any atom is -0.408 e. The van der Waals surface area contributed by atoms with Gasteiger partial charge < -0.3 is 16.2 Å². The minimum absolute atomic E-state index is 0.299. The first-order valence-corrected chi connectivity index (χ1v) is 3.43. The number of primary amides is 1. The van der Waals surface area contributed by atoms with Crippen LogP contribution in [0.15, 0.2) is 18.2 Å². The van der Waals surface area contributed by atoms with Crippen LogP contribution >= 0.6 is 0 Å². The third-order valence-electron chi connectivity index (χ3n) is 1.38. The molecule has 0 radical (unpaired) electrons. The predicted octanol–water partition coefficient (Wildman–Crippen LogP) is 1.03. The van der Waals surface area contributed by atoms with Gasteiger partial charge in [-0.2, -0.15) is 0 Å². The number of carbonyl (C=O) groups is 1. The molecule has 1 rings (SSSR count). The molecule has 4 nitrogen and oxygen atoms in total. The summed E-state index contributed by atoms with van der Waals surface area (Å²) in [4.78, 5) is 10.4. The van der Waals surface area contributed by atoms with Gasteiger partial charge in [0.1, 0.15) is 0 Å². The minimum atomic E-state index is -0.856. The molecule has 1 amide bonds.